The Morgan fingerprint density at radius 3 is 2.37 bits per heavy atom. The summed E-state index contributed by atoms with van der Waals surface area (Å²) in [6.45, 7) is 2.66. The minimum absolute atomic E-state index is 0.104. The van der Waals surface area contributed by atoms with Crippen LogP contribution in [0.3, 0.4) is 0 Å². The Bertz CT molecular complexity index is 1300. The highest BCUT2D eigenvalue weighted by molar-refractivity contribution is 7.89. The molecule has 2 aromatic carbocycles. The molecule has 0 N–H and O–H groups in total. The number of ether oxygens (including phenoxy) is 2. The van der Waals surface area contributed by atoms with Gasteiger partial charge in [-0.2, -0.15) is 8.68 Å². The second-order valence-corrected chi connectivity index (χ2v) is 11.7. The number of piperidine rings is 1. The summed E-state index contributed by atoms with van der Waals surface area (Å²) in [5.74, 6) is 1.37. The fourth-order valence-electron chi connectivity index (χ4n) is 4.77. The Balaban J connectivity index is 1.18. The molecule has 2 fully saturated rings. The molecule has 8 nitrogen and oxygen atoms in total. The van der Waals surface area contributed by atoms with E-state index in [2.05, 4.69) is 14.3 Å². The highest BCUT2D eigenvalue weighted by Crippen LogP contribution is 2.44. The van der Waals surface area contributed by atoms with Crippen molar-refractivity contribution < 1.29 is 22.3 Å². The van der Waals surface area contributed by atoms with Crippen LogP contribution in [0, 0.1) is 11.2 Å². The molecule has 0 bridgehead atoms. The third-order valence-corrected chi connectivity index (χ3v) is 9.54. The third kappa shape index (κ3) is 4.72. The maximum absolute atomic E-state index is 13.2. The van der Waals surface area contributed by atoms with Crippen molar-refractivity contribution in [3.8, 4) is 11.5 Å². The van der Waals surface area contributed by atoms with Crippen LogP contribution in [0.5, 0.6) is 11.5 Å². The number of rotatable bonds is 7. The van der Waals surface area contributed by atoms with Crippen LogP contribution in [-0.2, 0) is 16.4 Å². The quantitative estimate of drug-likeness (QED) is 0.473. The van der Waals surface area contributed by atoms with Gasteiger partial charge in [0.1, 0.15) is 11.6 Å². The zero-order chi connectivity index (χ0) is 24.6. The van der Waals surface area contributed by atoms with Crippen molar-refractivity contribution >= 4 is 26.7 Å². The van der Waals surface area contributed by atoms with Crippen LogP contribution < -0.4 is 14.4 Å². The molecule has 0 aliphatic carbocycles. The van der Waals surface area contributed by atoms with E-state index in [9.17, 15) is 12.8 Å². The molecule has 3 aromatic rings. The average Bonchev–Trinajstić information content (AvgIpc) is 3.31. The number of methoxy groups -OCH3 is 2. The molecule has 5 rings (SSSR count). The number of benzene rings is 2. The van der Waals surface area contributed by atoms with E-state index in [1.807, 2.05) is 0 Å². The zero-order valence-electron chi connectivity index (χ0n) is 19.6. The van der Waals surface area contributed by atoms with Crippen molar-refractivity contribution in [1.82, 2.24) is 13.7 Å². The van der Waals surface area contributed by atoms with E-state index in [-0.39, 0.29) is 16.1 Å². The Kier molecular flexibility index (Phi) is 6.41. The molecule has 2 aliphatic heterocycles. The first-order valence-electron chi connectivity index (χ1n) is 11.4. The van der Waals surface area contributed by atoms with Gasteiger partial charge < -0.3 is 14.4 Å². The number of sulfonamides is 1. The number of aromatic nitrogens is 2. The van der Waals surface area contributed by atoms with Crippen LogP contribution in [0.4, 0.5) is 9.52 Å². The smallest absolute Gasteiger partial charge is 0.243 e. The predicted molar refractivity (Wildman–Crippen MR) is 131 cm³/mol. The van der Waals surface area contributed by atoms with Crippen molar-refractivity contribution in [3.05, 3.63) is 59.7 Å². The summed E-state index contributed by atoms with van der Waals surface area (Å²) in [7, 11) is -0.597. The summed E-state index contributed by atoms with van der Waals surface area (Å²) in [6.07, 6.45) is 2.17. The first-order chi connectivity index (χ1) is 16.8. The normalized spacial score (nSPS) is 17.9. The van der Waals surface area contributed by atoms with Crippen molar-refractivity contribution in [3.63, 3.8) is 0 Å². The van der Waals surface area contributed by atoms with Crippen molar-refractivity contribution in [2.24, 2.45) is 5.41 Å². The van der Waals surface area contributed by atoms with Gasteiger partial charge in [-0.3, -0.25) is 0 Å². The van der Waals surface area contributed by atoms with E-state index in [0.29, 0.717) is 31.0 Å². The lowest BCUT2D eigenvalue weighted by Gasteiger charge is -2.53. The van der Waals surface area contributed by atoms with Crippen LogP contribution >= 0.6 is 11.5 Å². The Morgan fingerprint density at radius 1 is 1.03 bits per heavy atom. The molecule has 2 saturated heterocycles. The van der Waals surface area contributed by atoms with Gasteiger partial charge in [0.15, 0.2) is 11.5 Å². The maximum atomic E-state index is 13.2. The summed E-state index contributed by atoms with van der Waals surface area (Å²) < 4.78 is 56.1. The van der Waals surface area contributed by atoms with Crippen LogP contribution in [0.1, 0.15) is 24.2 Å². The Morgan fingerprint density at radius 2 is 1.71 bits per heavy atom. The van der Waals surface area contributed by atoms with Crippen LogP contribution in [0.15, 0.2) is 47.4 Å². The zero-order valence-corrected chi connectivity index (χ0v) is 21.2. The van der Waals surface area contributed by atoms with Crippen molar-refractivity contribution in [2.75, 3.05) is 45.3 Å². The van der Waals surface area contributed by atoms with Gasteiger partial charge in [-0.1, -0.05) is 12.1 Å². The van der Waals surface area contributed by atoms with Gasteiger partial charge in [0.05, 0.1) is 19.1 Å². The van der Waals surface area contributed by atoms with Gasteiger partial charge in [-0.05, 0) is 42.7 Å². The number of halogens is 1. The van der Waals surface area contributed by atoms with E-state index in [1.165, 1.54) is 44.0 Å². The molecular formula is C24H27FN4O4S2. The Labute approximate surface area is 208 Å². The molecule has 0 unspecified atom stereocenters. The first-order valence-corrected chi connectivity index (χ1v) is 13.6. The standard InChI is InChI=1S/C24H27FN4O4S2/c1-32-20-8-7-19(14-21(20)33-2)35(30,31)29-11-9-24(10-12-29)15-28(16-24)23-26-22(27-34-23)13-17-3-5-18(25)6-4-17/h3-8,14H,9-13,15-16H2,1-2H3. The van der Waals surface area contributed by atoms with Gasteiger partial charge in [-0.15, -0.1) is 0 Å². The topological polar surface area (TPSA) is 84.9 Å². The van der Waals surface area contributed by atoms with E-state index in [4.69, 9.17) is 9.47 Å². The van der Waals surface area contributed by atoms with Gasteiger partial charge in [0.2, 0.25) is 15.2 Å². The van der Waals surface area contributed by atoms with E-state index < -0.39 is 10.0 Å². The second kappa shape index (κ2) is 9.36. The monoisotopic (exact) mass is 518 g/mol. The van der Waals surface area contributed by atoms with Gasteiger partial charge in [0, 0.05) is 55.6 Å². The molecule has 186 valence electrons. The lowest BCUT2D eigenvalue weighted by molar-refractivity contribution is 0.114. The van der Waals surface area contributed by atoms with E-state index in [0.717, 1.165) is 42.5 Å². The fourth-order valence-corrected chi connectivity index (χ4v) is 6.91. The third-order valence-electron chi connectivity index (χ3n) is 6.83. The minimum atomic E-state index is -3.61. The van der Waals surface area contributed by atoms with Gasteiger partial charge in [-0.25, -0.2) is 17.8 Å². The number of anilines is 1. The molecule has 11 heteroatoms. The van der Waals surface area contributed by atoms with Crippen LogP contribution in [0.2, 0.25) is 0 Å². The lowest BCUT2D eigenvalue weighted by atomic mass is 9.73. The van der Waals surface area contributed by atoms with Crippen molar-refractivity contribution in [1.29, 1.82) is 0 Å². The molecule has 35 heavy (non-hydrogen) atoms. The molecule has 0 radical (unpaired) electrons. The molecule has 3 heterocycles. The molecule has 1 spiro atoms. The summed E-state index contributed by atoms with van der Waals surface area (Å²) in [6, 6.07) is 11.1. The summed E-state index contributed by atoms with van der Waals surface area (Å²) in [4.78, 5) is 7.09. The summed E-state index contributed by atoms with van der Waals surface area (Å²) in [5.41, 5.74) is 1.07. The molecular weight excluding hydrogens is 491 g/mol. The fraction of sp³-hybridized carbons (Fsp3) is 0.417. The Hall–Kier alpha value is -2.76. The minimum Gasteiger partial charge on any atom is -0.493 e. The predicted octanol–water partition coefficient (Wildman–Crippen LogP) is 3.58. The molecule has 0 atom stereocenters. The number of hydrogen-bond acceptors (Lipinski definition) is 8. The van der Waals surface area contributed by atoms with Gasteiger partial charge in [0.25, 0.3) is 0 Å². The van der Waals surface area contributed by atoms with Crippen molar-refractivity contribution in [2.45, 2.75) is 24.2 Å². The second-order valence-electron chi connectivity index (χ2n) is 9.07. The SMILES string of the molecule is COc1ccc(S(=O)(=O)N2CCC3(CC2)CN(c2nc(Cc4ccc(F)cc4)ns2)C3)cc1OC. The first kappa shape index (κ1) is 24.0. The average molecular weight is 519 g/mol. The van der Waals surface area contributed by atoms with Crippen LogP contribution in [-0.4, -0.2) is 62.5 Å². The highest BCUT2D eigenvalue weighted by Gasteiger charge is 2.47. The van der Waals surface area contributed by atoms with E-state index in [1.54, 1.807) is 28.6 Å². The molecule has 1 aromatic heterocycles. The molecule has 0 amide bonds. The number of hydrogen-bond donors (Lipinski definition) is 0. The van der Waals surface area contributed by atoms with Gasteiger partial charge >= 0.3 is 0 Å². The maximum Gasteiger partial charge on any atom is 0.243 e. The molecule has 0 saturated carbocycles. The number of nitrogens with zero attached hydrogens (tertiary/aromatic N) is 4. The highest BCUT2D eigenvalue weighted by atomic mass is 32.2. The lowest BCUT2D eigenvalue weighted by Crippen LogP contribution is -2.61. The van der Waals surface area contributed by atoms with E-state index >= 15 is 0 Å². The molecule has 2 aliphatic rings. The van der Waals surface area contributed by atoms with Crippen LogP contribution in [0.25, 0.3) is 0 Å². The summed E-state index contributed by atoms with van der Waals surface area (Å²) in [5, 5.41) is 0.883. The summed E-state index contributed by atoms with van der Waals surface area (Å²) >= 11 is 1.37. The largest absolute Gasteiger partial charge is 0.493 e.